The Morgan fingerprint density at radius 3 is 2.59 bits per heavy atom. The first kappa shape index (κ1) is 14.4. The first-order chi connectivity index (χ1) is 10.8. The Morgan fingerprint density at radius 2 is 1.82 bits per heavy atom. The average Bonchev–Trinajstić information content (AvgIpc) is 2.97. The van der Waals surface area contributed by atoms with Gasteiger partial charge in [-0.2, -0.15) is 0 Å². The number of benzene rings is 2. The first-order valence-corrected chi connectivity index (χ1v) is 7.30. The molecule has 1 aliphatic rings. The molecule has 0 bridgehead atoms. The van der Waals surface area contributed by atoms with E-state index in [1.807, 2.05) is 18.2 Å². The van der Waals surface area contributed by atoms with Crippen LogP contribution in [0.25, 0.3) is 0 Å². The van der Waals surface area contributed by atoms with Crippen molar-refractivity contribution in [2.75, 3.05) is 13.7 Å². The molecule has 2 aromatic carbocycles. The van der Waals surface area contributed by atoms with E-state index in [0.29, 0.717) is 5.75 Å². The summed E-state index contributed by atoms with van der Waals surface area (Å²) in [7, 11) is 1.34. The summed E-state index contributed by atoms with van der Waals surface area (Å²) in [6.07, 6.45) is 2.17. The Labute approximate surface area is 129 Å². The van der Waals surface area contributed by atoms with Crippen molar-refractivity contribution in [3.05, 3.63) is 59.7 Å². The number of ether oxygens (including phenoxy) is 3. The van der Waals surface area contributed by atoms with Gasteiger partial charge in [-0.1, -0.05) is 24.3 Å². The summed E-state index contributed by atoms with van der Waals surface area (Å²) in [6, 6.07) is 15.7. The molecule has 1 atom stereocenters. The molecular weight excluding hydrogens is 280 g/mol. The van der Waals surface area contributed by atoms with Crippen LogP contribution in [0.5, 0.6) is 11.5 Å². The molecule has 1 aliphatic carbocycles. The van der Waals surface area contributed by atoms with Gasteiger partial charge in [0.05, 0.1) is 7.11 Å². The average molecular weight is 298 g/mol. The first-order valence-electron chi connectivity index (χ1n) is 7.30. The van der Waals surface area contributed by atoms with Crippen LogP contribution in [0, 0.1) is 0 Å². The number of carbonyl (C=O) groups excluding carboxylic acids is 1. The molecule has 4 heteroatoms. The van der Waals surface area contributed by atoms with Crippen molar-refractivity contribution in [3.8, 4) is 11.5 Å². The van der Waals surface area contributed by atoms with Crippen molar-refractivity contribution in [1.82, 2.24) is 0 Å². The van der Waals surface area contributed by atoms with Gasteiger partial charge in [-0.25, -0.2) is 4.79 Å². The number of hydrogen-bond acceptors (Lipinski definition) is 4. The highest BCUT2D eigenvalue weighted by atomic mass is 16.6. The molecule has 0 heterocycles. The minimum Gasteiger partial charge on any atom is -0.486 e. The molecule has 2 aromatic rings. The van der Waals surface area contributed by atoms with E-state index in [-0.39, 0.29) is 12.7 Å². The smallest absolute Gasteiger partial charge is 0.343 e. The molecule has 0 saturated heterocycles. The third kappa shape index (κ3) is 3.22. The topological polar surface area (TPSA) is 44.8 Å². The maximum atomic E-state index is 11.0. The number of methoxy groups -OCH3 is 1. The Hall–Kier alpha value is -2.49. The van der Waals surface area contributed by atoms with Crippen molar-refractivity contribution in [3.63, 3.8) is 0 Å². The zero-order valence-electron chi connectivity index (χ0n) is 12.5. The number of aryl methyl sites for hydroxylation is 1. The monoisotopic (exact) mass is 298 g/mol. The molecule has 0 aliphatic heterocycles. The standard InChI is InChI=1S/C18H18O4/c1-20-18(19)12-21-14-7-9-15(10-8-14)22-17-11-6-13-4-2-3-5-16(13)17/h2-5,7-10,17H,6,11-12H2,1H3. The van der Waals surface area contributed by atoms with E-state index in [1.54, 1.807) is 12.1 Å². The predicted molar refractivity (Wildman–Crippen MR) is 82.1 cm³/mol. The van der Waals surface area contributed by atoms with Crippen LogP contribution in [-0.4, -0.2) is 19.7 Å². The summed E-state index contributed by atoms with van der Waals surface area (Å²) < 4.78 is 15.9. The Bertz CT molecular complexity index is 648. The zero-order valence-corrected chi connectivity index (χ0v) is 12.5. The van der Waals surface area contributed by atoms with E-state index < -0.39 is 5.97 Å². The van der Waals surface area contributed by atoms with Gasteiger partial charge in [0.15, 0.2) is 6.61 Å². The van der Waals surface area contributed by atoms with E-state index in [9.17, 15) is 4.79 Å². The van der Waals surface area contributed by atoms with Crippen LogP contribution in [0.3, 0.4) is 0 Å². The predicted octanol–water partition coefficient (Wildman–Crippen LogP) is 3.30. The van der Waals surface area contributed by atoms with Crippen molar-refractivity contribution in [2.24, 2.45) is 0 Å². The maximum absolute atomic E-state index is 11.0. The minimum absolute atomic E-state index is 0.0906. The quantitative estimate of drug-likeness (QED) is 0.794. The van der Waals surface area contributed by atoms with E-state index in [2.05, 4.69) is 22.9 Å². The van der Waals surface area contributed by atoms with Crippen LogP contribution in [0.15, 0.2) is 48.5 Å². The van der Waals surface area contributed by atoms with Crippen molar-refractivity contribution >= 4 is 5.97 Å². The summed E-state index contributed by atoms with van der Waals surface area (Å²) in [5.74, 6) is 1.01. The molecule has 1 unspecified atom stereocenters. The molecule has 0 N–H and O–H groups in total. The number of hydrogen-bond donors (Lipinski definition) is 0. The van der Waals surface area contributed by atoms with Crippen LogP contribution >= 0.6 is 0 Å². The lowest BCUT2D eigenvalue weighted by molar-refractivity contribution is -0.142. The fourth-order valence-corrected chi connectivity index (χ4v) is 2.62. The summed E-state index contributed by atoms with van der Waals surface area (Å²) in [4.78, 5) is 11.0. The second kappa shape index (κ2) is 6.52. The molecule has 22 heavy (non-hydrogen) atoms. The van der Waals surface area contributed by atoms with E-state index >= 15 is 0 Å². The number of fused-ring (bicyclic) bond motifs is 1. The molecule has 0 radical (unpaired) electrons. The molecular formula is C18H18O4. The highest BCUT2D eigenvalue weighted by Gasteiger charge is 2.23. The van der Waals surface area contributed by atoms with Gasteiger partial charge < -0.3 is 14.2 Å². The maximum Gasteiger partial charge on any atom is 0.343 e. The lowest BCUT2D eigenvalue weighted by atomic mass is 10.1. The second-order valence-corrected chi connectivity index (χ2v) is 5.18. The van der Waals surface area contributed by atoms with E-state index in [1.165, 1.54) is 18.2 Å². The van der Waals surface area contributed by atoms with Gasteiger partial charge in [0.2, 0.25) is 0 Å². The minimum atomic E-state index is -0.400. The summed E-state index contributed by atoms with van der Waals surface area (Å²) in [6.45, 7) is -0.0906. The third-order valence-corrected chi connectivity index (χ3v) is 3.76. The van der Waals surface area contributed by atoms with Gasteiger partial charge in [0.1, 0.15) is 17.6 Å². The molecule has 0 amide bonds. The van der Waals surface area contributed by atoms with Gasteiger partial charge >= 0.3 is 5.97 Å². The number of esters is 1. The van der Waals surface area contributed by atoms with E-state index in [4.69, 9.17) is 9.47 Å². The van der Waals surface area contributed by atoms with Crippen molar-refractivity contribution < 1.29 is 19.0 Å². The normalized spacial score (nSPS) is 16.0. The zero-order chi connectivity index (χ0) is 15.4. The van der Waals surface area contributed by atoms with Crippen LogP contribution in [0.2, 0.25) is 0 Å². The summed E-state index contributed by atoms with van der Waals surface area (Å²) in [5.41, 5.74) is 2.64. The summed E-state index contributed by atoms with van der Waals surface area (Å²) in [5, 5.41) is 0. The van der Waals surface area contributed by atoms with Gasteiger partial charge in [-0.15, -0.1) is 0 Å². The second-order valence-electron chi connectivity index (χ2n) is 5.18. The fraction of sp³-hybridized carbons (Fsp3) is 0.278. The highest BCUT2D eigenvalue weighted by Crippen LogP contribution is 2.35. The molecule has 114 valence electrons. The molecule has 0 fully saturated rings. The molecule has 3 rings (SSSR count). The third-order valence-electron chi connectivity index (χ3n) is 3.76. The van der Waals surface area contributed by atoms with Gasteiger partial charge in [0.25, 0.3) is 0 Å². The molecule has 0 spiro atoms. The lowest BCUT2D eigenvalue weighted by Crippen LogP contribution is -2.12. The molecule has 0 aromatic heterocycles. The van der Waals surface area contributed by atoms with Crippen molar-refractivity contribution in [2.45, 2.75) is 18.9 Å². The van der Waals surface area contributed by atoms with Gasteiger partial charge in [-0.05, 0) is 48.2 Å². The van der Waals surface area contributed by atoms with Crippen LogP contribution < -0.4 is 9.47 Å². The number of carbonyl (C=O) groups is 1. The van der Waals surface area contributed by atoms with Crippen molar-refractivity contribution in [1.29, 1.82) is 0 Å². The SMILES string of the molecule is COC(=O)COc1ccc(OC2CCc3ccccc32)cc1. The highest BCUT2D eigenvalue weighted by molar-refractivity contribution is 5.70. The van der Waals surface area contributed by atoms with Gasteiger partial charge in [0, 0.05) is 0 Å². The Kier molecular flexibility index (Phi) is 4.28. The lowest BCUT2D eigenvalue weighted by Gasteiger charge is -2.15. The Balaban J connectivity index is 1.61. The Morgan fingerprint density at radius 1 is 1.09 bits per heavy atom. The molecule has 0 saturated carbocycles. The summed E-state index contributed by atoms with van der Waals surface area (Å²) >= 11 is 0. The number of rotatable bonds is 5. The molecule has 4 nitrogen and oxygen atoms in total. The fourth-order valence-electron chi connectivity index (χ4n) is 2.62. The van der Waals surface area contributed by atoms with E-state index in [0.717, 1.165) is 18.6 Å². The van der Waals surface area contributed by atoms with Crippen LogP contribution in [-0.2, 0) is 16.0 Å². The van der Waals surface area contributed by atoms with Crippen LogP contribution in [0.4, 0.5) is 0 Å². The largest absolute Gasteiger partial charge is 0.486 e. The van der Waals surface area contributed by atoms with Crippen LogP contribution in [0.1, 0.15) is 23.7 Å². The van der Waals surface area contributed by atoms with Gasteiger partial charge in [-0.3, -0.25) is 0 Å².